The Kier molecular flexibility index (Phi) is 4.14. The number of hydrogen-bond donors (Lipinski definition) is 3. The maximum Gasteiger partial charge on any atom is 0.412 e. The van der Waals surface area contributed by atoms with Crippen LogP contribution in [-0.4, -0.2) is 17.7 Å². The van der Waals surface area contributed by atoms with Gasteiger partial charge in [-0.05, 0) is 39.0 Å². The number of hydrogen-bond acceptors (Lipinski definition) is 3. The quantitative estimate of drug-likeness (QED) is 0.753. The number of ether oxygens (including phenoxy) is 1. The van der Waals surface area contributed by atoms with E-state index in [9.17, 15) is 9.59 Å². The molecule has 0 spiro atoms. The third-order valence-corrected chi connectivity index (χ3v) is 1.78. The average Bonchev–Trinajstić information content (AvgIpc) is 2.13. The van der Waals surface area contributed by atoms with Gasteiger partial charge in [-0.1, -0.05) is 6.07 Å². The zero-order valence-electron chi connectivity index (χ0n) is 10.6. The Hall–Kier alpha value is -2.24. The van der Waals surface area contributed by atoms with E-state index in [1.54, 1.807) is 45.0 Å². The molecule has 0 atom stereocenters. The lowest BCUT2D eigenvalue weighted by atomic mass is 10.2. The summed E-state index contributed by atoms with van der Waals surface area (Å²) < 4.78 is 5.10. The monoisotopic (exact) mass is 251 g/mol. The van der Waals surface area contributed by atoms with E-state index in [-0.39, 0.29) is 0 Å². The predicted molar refractivity (Wildman–Crippen MR) is 69.5 cm³/mol. The summed E-state index contributed by atoms with van der Waals surface area (Å²) in [6.45, 7) is 5.33. The normalized spacial score (nSPS) is 10.6. The maximum atomic E-state index is 11.5. The van der Waals surface area contributed by atoms with Gasteiger partial charge in [-0.25, -0.2) is 9.59 Å². The van der Waals surface area contributed by atoms with Crippen LogP contribution >= 0.6 is 0 Å². The molecule has 1 aromatic rings. The van der Waals surface area contributed by atoms with Crippen molar-refractivity contribution in [2.45, 2.75) is 26.4 Å². The SMILES string of the molecule is CC(C)(C)OC(=O)Nc1cccc(NC(N)=O)c1. The summed E-state index contributed by atoms with van der Waals surface area (Å²) >= 11 is 0. The number of urea groups is 1. The highest BCUT2D eigenvalue weighted by molar-refractivity contribution is 5.90. The molecule has 0 aliphatic carbocycles. The summed E-state index contributed by atoms with van der Waals surface area (Å²) in [6, 6.07) is 5.93. The van der Waals surface area contributed by atoms with E-state index in [0.717, 1.165) is 0 Å². The molecular weight excluding hydrogens is 234 g/mol. The predicted octanol–water partition coefficient (Wildman–Crippen LogP) is 2.52. The lowest BCUT2D eigenvalue weighted by Gasteiger charge is -2.19. The molecule has 1 aromatic carbocycles. The minimum Gasteiger partial charge on any atom is -0.444 e. The third kappa shape index (κ3) is 5.20. The summed E-state index contributed by atoms with van der Waals surface area (Å²) in [4.78, 5) is 22.2. The molecule has 3 amide bonds. The number of amides is 3. The molecule has 0 saturated carbocycles. The zero-order chi connectivity index (χ0) is 13.8. The summed E-state index contributed by atoms with van der Waals surface area (Å²) in [7, 11) is 0. The molecule has 0 radical (unpaired) electrons. The van der Waals surface area contributed by atoms with Crippen LogP contribution in [0.4, 0.5) is 21.0 Å². The number of anilines is 2. The van der Waals surface area contributed by atoms with Crippen molar-refractivity contribution in [3.8, 4) is 0 Å². The van der Waals surface area contributed by atoms with Crippen LogP contribution in [-0.2, 0) is 4.74 Å². The molecule has 1 rings (SSSR count). The van der Waals surface area contributed by atoms with Crippen molar-refractivity contribution < 1.29 is 14.3 Å². The van der Waals surface area contributed by atoms with Gasteiger partial charge in [0.25, 0.3) is 0 Å². The minimum absolute atomic E-state index is 0.496. The van der Waals surface area contributed by atoms with Gasteiger partial charge in [-0.2, -0.15) is 0 Å². The van der Waals surface area contributed by atoms with Gasteiger partial charge in [0.15, 0.2) is 0 Å². The van der Waals surface area contributed by atoms with Crippen LogP contribution in [0.2, 0.25) is 0 Å². The van der Waals surface area contributed by atoms with Crippen LogP contribution < -0.4 is 16.4 Å². The van der Waals surface area contributed by atoms with Gasteiger partial charge in [-0.15, -0.1) is 0 Å². The summed E-state index contributed by atoms with van der Waals surface area (Å²) in [5, 5.41) is 4.97. The number of benzene rings is 1. The summed E-state index contributed by atoms with van der Waals surface area (Å²) in [5.74, 6) is 0. The van der Waals surface area contributed by atoms with Crippen LogP contribution in [0.1, 0.15) is 20.8 Å². The summed E-state index contributed by atoms with van der Waals surface area (Å²) in [6.07, 6.45) is -0.557. The highest BCUT2D eigenvalue weighted by Gasteiger charge is 2.16. The maximum absolute atomic E-state index is 11.5. The number of carbonyl (C=O) groups excluding carboxylic acids is 2. The van der Waals surface area contributed by atoms with E-state index < -0.39 is 17.7 Å². The van der Waals surface area contributed by atoms with Crippen LogP contribution in [0.3, 0.4) is 0 Å². The molecule has 4 N–H and O–H groups in total. The molecule has 6 heteroatoms. The first-order chi connectivity index (χ1) is 8.26. The van der Waals surface area contributed by atoms with E-state index in [4.69, 9.17) is 10.5 Å². The van der Waals surface area contributed by atoms with Crippen molar-refractivity contribution in [1.29, 1.82) is 0 Å². The van der Waals surface area contributed by atoms with Gasteiger partial charge in [0.1, 0.15) is 5.60 Å². The van der Waals surface area contributed by atoms with E-state index in [1.165, 1.54) is 0 Å². The second-order valence-corrected chi connectivity index (χ2v) is 4.70. The molecule has 0 fully saturated rings. The molecule has 0 bridgehead atoms. The van der Waals surface area contributed by atoms with Gasteiger partial charge in [0.2, 0.25) is 0 Å². The third-order valence-electron chi connectivity index (χ3n) is 1.78. The van der Waals surface area contributed by atoms with Crippen molar-refractivity contribution in [3.63, 3.8) is 0 Å². The molecule has 6 nitrogen and oxygen atoms in total. The van der Waals surface area contributed by atoms with Gasteiger partial charge in [0, 0.05) is 11.4 Å². The molecule has 18 heavy (non-hydrogen) atoms. The van der Waals surface area contributed by atoms with Gasteiger partial charge in [-0.3, -0.25) is 5.32 Å². The number of nitrogens with two attached hydrogens (primary N) is 1. The Morgan fingerprint density at radius 3 is 2.22 bits per heavy atom. The fourth-order valence-electron chi connectivity index (χ4n) is 1.24. The topological polar surface area (TPSA) is 93.4 Å². The number of carbonyl (C=O) groups is 2. The van der Waals surface area contributed by atoms with Crippen LogP contribution in [0.5, 0.6) is 0 Å². The fourth-order valence-corrected chi connectivity index (χ4v) is 1.24. The number of rotatable bonds is 2. The van der Waals surface area contributed by atoms with Crippen molar-refractivity contribution in [3.05, 3.63) is 24.3 Å². The Morgan fingerprint density at radius 1 is 1.17 bits per heavy atom. The van der Waals surface area contributed by atoms with Gasteiger partial charge < -0.3 is 15.8 Å². The highest BCUT2D eigenvalue weighted by atomic mass is 16.6. The van der Waals surface area contributed by atoms with Crippen molar-refractivity contribution in [2.24, 2.45) is 5.73 Å². The van der Waals surface area contributed by atoms with E-state index in [0.29, 0.717) is 11.4 Å². The Labute approximate surface area is 105 Å². The Morgan fingerprint density at radius 2 is 1.72 bits per heavy atom. The van der Waals surface area contributed by atoms with Crippen molar-refractivity contribution in [1.82, 2.24) is 0 Å². The summed E-state index contributed by atoms with van der Waals surface area (Å²) in [5.41, 5.74) is 5.44. The van der Waals surface area contributed by atoms with Gasteiger partial charge >= 0.3 is 12.1 Å². The Bertz CT molecular complexity index is 452. The van der Waals surface area contributed by atoms with Crippen LogP contribution in [0.25, 0.3) is 0 Å². The second kappa shape index (κ2) is 5.39. The standard InChI is InChI=1S/C12H17N3O3/c1-12(2,3)18-11(17)15-9-6-4-5-8(7-9)14-10(13)16/h4-7H,1-3H3,(H,15,17)(H3,13,14,16). The number of primary amides is 1. The molecule has 0 unspecified atom stereocenters. The van der Waals surface area contributed by atoms with E-state index >= 15 is 0 Å². The second-order valence-electron chi connectivity index (χ2n) is 4.70. The first kappa shape index (κ1) is 13.8. The highest BCUT2D eigenvalue weighted by Crippen LogP contribution is 2.16. The van der Waals surface area contributed by atoms with Crippen LogP contribution in [0, 0.1) is 0 Å². The first-order valence-corrected chi connectivity index (χ1v) is 5.43. The van der Waals surface area contributed by atoms with E-state index in [2.05, 4.69) is 10.6 Å². The van der Waals surface area contributed by atoms with Crippen LogP contribution in [0.15, 0.2) is 24.3 Å². The van der Waals surface area contributed by atoms with Crippen molar-refractivity contribution >= 4 is 23.5 Å². The minimum atomic E-state index is -0.663. The zero-order valence-corrected chi connectivity index (χ0v) is 10.6. The number of nitrogens with one attached hydrogen (secondary N) is 2. The largest absolute Gasteiger partial charge is 0.444 e. The average molecular weight is 251 g/mol. The molecule has 0 aliphatic rings. The van der Waals surface area contributed by atoms with E-state index in [1.807, 2.05) is 0 Å². The molecular formula is C12H17N3O3. The fraction of sp³-hybridized carbons (Fsp3) is 0.333. The first-order valence-electron chi connectivity index (χ1n) is 5.43. The van der Waals surface area contributed by atoms with Gasteiger partial charge in [0.05, 0.1) is 0 Å². The molecule has 0 aliphatic heterocycles. The molecule has 0 heterocycles. The molecule has 0 aromatic heterocycles. The molecule has 0 saturated heterocycles. The smallest absolute Gasteiger partial charge is 0.412 e. The molecule has 98 valence electrons. The van der Waals surface area contributed by atoms with Crippen molar-refractivity contribution in [2.75, 3.05) is 10.6 Å². The lowest BCUT2D eigenvalue weighted by molar-refractivity contribution is 0.0636. The lowest BCUT2D eigenvalue weighted by Crippen LogP contribution is -2.27. The Balaban J connectivity index is 2.67.